The van der Waals surface area contributed by atoms with Crippen LogP contribution in [0.25, 0.3) is 0 Å². The zero-order valence-electron chi connectivity index (χ0n) is 20.9. The summed E-state index contributed by atoms with van der Waals surface area (Å²) in [4.78, 5) is 22.2. The van der Waals surface area contributed by atoms with Crippen molar-refractivity contribution in [3.05, 3.63) is 35.9 Å². The highest BCUT2D eigenvalue weighted by molar-refractivity contribution is 5.69. The van der Waals surface area contributed by atoms with E-state index in [0.29, 0.717) is 19.4 Å². The molecule has 0 unspecified atom stereocenters. The summed E-state index contributed by atoms with van der Waals surface area (Å²) in [5, 5.41) is 8.60. The predicted octanol–water partition coefficient (Wildman–Crippen LogP) is 8.62. The molecule has 0 aliphatic rings. The molecule has 0 aliphatic heterocycles. The fourth-order valence-corrected chi connectivity index (χ4v) is 4.18. The molecule has 1 aromatic carbocycles. The van der Waals surface area contributed by atoms with Crippen molar-refractivity contribution in [1.29, 1.82) is 0 Å². The summed E-state index contributed by atoms with van der Waals surface area (Å²) in [7, 11) is 0. The molecule has 188 valence electrons. The van der Waals surface area contributed by atoms with Gasteiger partial charge in [-0.25, -0.2) is 0 Å². The quantitative estimate of drug-likeness (QED) is 0.131. The summed E-state index contributed by atoms with van der Waals surface area (Å²) >= 11 is 0. The number of carboxylic acids is 1. The van der Waals surface area contributed by atoms with Crippen molar-refractivity contribution in [2.75, 3.05) is 0 Å². The van der Waals surface area contributed by atoms with E-state index in [1.807, 2.05) is 30.3 Å². The molecule has 0 spiro atoms. The maximum Gasteiger partial charge on any atom is 0.306 e. The Kier molecular flexibility index (Phi) is 19.4. The number of esters is 1. The van der Waals surface area contributed by atoms with Crippen LogP contribution in [0.3, 0.4) is 0 Å². The standard InChI is InChI=1S/C29H48O4/c30-28(31)24-20-15-13-11-9-7-5-3-1-2-4-6-8-10-12-14-16-21-25-29(32)33-26-27-22-18-17-19-23-27/h17-19,22-23H,1-16,20-21,24-26H2,(H,30,31). The zero-order valence-corrected chi connectivity index (χ0v) is 20.9. The summed E-state index contributed by atoms with van der Waals surface area (Å²) in [6.07, 6.45) is 23.3. The molecule has 1 rings (SSSR count). The van der Waals surface area contributed by atoms with E-state index < -0.39 is 5.97 Å². The molecule has 4 heteroatoms. The SMILES string of the molecule is O=C(O)CCCCCCCCCCCCCCCCCCCCC(=O)OCc1ccccc1. The molecule has 33 heavy (non-hydrogen) atoms. The molecule has 1 N–H and O–H groups in total. The second kappa shape index (κ2) is 22.0. The molecule has 0 radical (unpaired) electrons. The molecule has 0 fully saturated rings. The first-order valence-electron chi connectivity index (χ1n) is 13.6. The minimum Gasteiger partial charge on any atom is -0.481 e. The number of rotatable bonds is 23. The Hall–Kier alpha value is -1.84. The van der Waals surface area contributed by atoms with E-state index in [2.05, 4.69) is 0 Å². The lowest BCUT2D eigenvalue weighted by Gasteiger charge is -2.05. The van der Waals surface area contributed by atoms with Crippen LogP contribution in [0, 0.1) is 0 Å². The second-order valence-corrected chi connectivity index (χ2v) is 9.40. The summed E-state index contributed by atoms with van der Waals surface area (Å²) in [5.74, 6) is -0.743. The number of carbonyl (C=O) groups is 2. The van der Waals surface area contributed by atoms with E-state index in [4.69, 9.17) is 9.84 Å². The van der Waals surface area contributed by atoms with Crippen molar-refractivity contribution in [1.82, 2.24) is 0 Å². The number of benzene rings is 1. The van der Waals surface area contributed by atoms with Crippen LogP contribution in [0.15, 0.2) is 30.3 Å². The lowest BCUT2D eigenvalue weighted by Crippen LogP contribution is -2.04. The van der Waals surface area contributed by atoms with E-state index in [0.717, 1.165) is 31.2 Å². The molecule has 1 aromatic rings. The van der Waals surface area contributed by atoms with Gasteiger partial charge < -0.3 is 9.84 Å². The summed E-state index contributed by atoms with van der Waals surface area (Å²) < 4.78 is 5.32. The van der Waals surface area contributed by atoms with Crippen LogP contribution in [0.1, 0.15) is 134 Å². The van der Waals surface area contributed by atoms with Gasteiger partial charge in [0.1, 0.15) is 6.61 Å². The van der Waals surface area contributed by atoms with Gasteiger partial charge in [-0.2, -0.15) is 0 Å². The first-order valence-corrected chi connectivity index (χ1v) is 13.6. The Morgan fingerprint density at radius 1 is 0.545 bits per heavy atom. The Bertz CT molecular complexity index is 585. The highest BCUT2D eigenvalue weighted by atomic mass is 16.5. The summed E-state index contributed by atoms with van der Waals surface area (Å²) in [6.45, 7) is 0.386. The first-order chi connectivity index (χ1) is 16.2. The van der Waals surface area contributed by atoms with Crippen LogP contribution in [-0.2, 0) is 20.9 Å². The maximum atomic E-state index is 11.8. The van der Waals surface area contributed by atoms with E-state index >= 15 is 0 Å². The third-order valence-corrected chi connectivity index (χ3v) is 6.26. The van der Waals surface area contributed by atoms with E-state index in [1.165, 1.54) is 89.9 Å². The molecular weight excluding hydrogens is 412 g/mol. The van der Waals surface area contributed by atoms with Gasteiger partial charge in [0.2, 0.25) is 0 Å². The highest BCUT2D eigenvalue weighted by Gasteiger charge is 2.03. The van der Waals surface area contributed by atoms with Gasteiger partial charge in [0.25, 0.3) is 0 Å². The van der Waals surface area contributed by atoms with Crippen LogP contribution in [0.5, 0.6) is 0 Å². The monoisotopic (exact) mass is 460 g/mol. The van der Waals surface area contributed by atoms with Crippen molar-refractivity contribution < 1.29 is 19.4 Å². The molecule has 0 amide bonds. The normalized spacial score (nSPS) is 10.9. The van der Waals surface area contributed by atoms with Crippen LogP contribution < -0.4 is 0 Å². The Morgan fingerprint density at radius 3 is 1.30 bits per heavy atom. The number of unbranched alkanes of at least 4 members (excludes halogenated alkanes) is 17. The van der Waals surface area contributed by atoms with Gasteiger partial charge in [-0.05, 0) is 18.4 Å². The summed E-state index contributed by atoms with van der Waals surface area (Å²) in [5.41, 5.74) is 1.05. The lowest BCUT2D eigenvalue weighted by molar-refractivity contribution is -0.145. The minimum absolute atomic E-state index is 0.0770. The third-order valence-electron chi connectivity index (χ3n) is 6.26. The van der Waals surface area contributed by atoms with Crippen molar-refractivity contribution >= 4 is 11.9 Å². The molecule has 0 saturated carbocycles. The molecule has 4 nitrogen and oxygen atoms in total. The van der Waals surface area contributed by atoms with Crippen molar-refractivity contribution in [2.24, 2.45) is 0 Å². The van der Waals surface area contributed by atoms with Gasteiger partial charge in [0, 0.05) is 12.8 Å². The highest BCUT2D eigenvalue weighted by Crippen LogP contribution is 2.15. The van der Waals surface area contributed by atoms with Crippen LogP contribution in [-0.4, -0.2) is 17.0 Å². The lowest BCUT2D eigenvalue weighted by atomic mass is 10.0. The molecule has 0 saturated heterocycles. The van der Waals surface area contributed by atoms with Crippen molar-refractivity contribution in [2.45, 2.75) is 135 Å². The molecule has 0 atom stereocenters. The average Bonchev–Trinajstić information content (AvgIpc) is 2.82. The fraction of sp³-hybridized carbons (Fsp3) is 0.724. The third kappa shape index (κ3) is 20.5. The molecular formula is C29H48O4. The smallest absolute Gasteiger partial charge is 0.306 e. The van der Waals surface area contributed by atoms with Gasteiger partial charge in [-0.15, -0.1) is 0 Å². The number of hydrogen-bond donors (Lipinski definition) is 1. The molecule has 0 heterocycles. The zero-order chi connectivity index (χ0) is 23.8. The number of carbonyl (C=O) groups excluding carboxylic acids is 1. The number of carboxylic acid groups (broad SMARTS) is 1. The van der Waals surface area contributed by atoms with Gasteiger partial charge in [-0.3, -0.25) is 9.59 Å². The molecule has 0 aromatic heterocycles. The van der Waals surface area contributed by atoms with Crippen molar-refractivity contribution in [3.8, 4) is 0 Å². The van der Waals surface area contributed by atoms with Gasteiger partial charge in [-0.1, -0.05) is 133 Å². The Labute approximate surface area is 202 Å². The van der Waals surface area contributed by atoms with E-state index in [9.17, 15) is 9.59 Å². The van der Waals surface area contributed by atoms with E-state index in [-0.39, 0.29) is 5.97 Å². The number of hydrogen-bond acceptors (Lipinski definition) is 3. The molecule has 0 bridgehead atoms. The van der Waals surface area contributed by atoms with Crippen LogP contribution in [0.2, 0.25) is 0 Å². The summed E-state index contributed by atoms with van der Waals surface area (Å²) in [6, 6.07) is 9.85. The first kappa shape index (κ1) is 29.2. The van der Waals surface area contributed by atoms with Gasteiger partial charge in [0.15, 0.2) is 0 Å². The van der Waals surface area contributed by atoms with Crippen molar-refractivity contribution in [3.63, 3.8) is 0 Å². The second-order valence-electron chi connectivity index (χ2n) is 9.40. The minimum atomic E-state index is -0.666. The maximum absolute atomic E-state index is 11.8. The van der Waals surface area contributed by atoms with Crippen LogP contribution >= 0.6 is 0 Å². The fourth-order valence-electron chi connectivity index (χ4n) is 4.18. The Morgan fingerprint density at radius 2 is 0.909 bits per heavy atom. The predicted molar refractivity (Wildman–Crippen MR) is 136 cm³/mol. The van der Waals surface area contributed by atoms with Crippen LogP contribution in [0.4, 0.5) is 0 Å². The topological polar surface area (TPSA) is 63.6 Å². The van der Waals surface area contributed by atoms with E-state index in [1.54, 1.807) is 0 Å². The largest absolute Gasteiger partial charge is 0.481 e. The molecule has 0 aliphatic carbocycles. The number of ether oxygens (including phenoxy) is 1. The number of aliphatic carboxylic acids is 1. The van der Waals surface area contributed by atoms with Gasteiger partial charge in [0.05, 0.1) is 0 Å². The average molecular weight is 461 g/mol. The van der Waals surface area contributed by atoms with Gasteiger partial charge >= 0.3 is 11.9 Å². The Balaban J connectivity index is 1.71.